The van der Waals surface area contributed by atoms with Crippen LogP contribution in [0.2, 0.25) is 0 Å². The van der Waals surface area contributed by atoms with E-state index in [4.69, 9.17) is 18.9 Å². The standard InChI is InChI=1S/C29H26BrN3O4/c1-4-18(3)36-26-16-22(30)20(15-25(26)35-5-2)17-31-33-28(27-14-19-10-6-9-13-24(19)37-27)32-23-12-8-7-11-21(23)29(33)34/h6-18H,4-5H2,1-3H3/t18-/m1/s1. The van der Waals surface area contributed by atoms with Crippen LogP contribution in [0.1, 0.15) is 32.8 Å². The van der Waals surface area contributed by atoms with Gasteiger partial charge in [-0.05, 0) is 72.6 Å². The molecule has 5 rings (SSSR count). The molecule has 0 aliphatic carbocycles. The Balaban J connectivity index is 1.64. The van der Waals surface area contributed by atoms with Crippen LogP contribution < -0.4 is 15.0 Å². The Morgan fingerprint density at radius 3 is 2.65 bits per heavy atom. The number of ether oxygens (including phenoxy) is 2. The van der Waals surface area contributed by atoms with Gasteiger partial charge in [0.15, 0.2) is 17.3 Å². The first-order valence-corrected chi connectivity index (χ1v) is 13.0. The van der Waals surface area contributed by atoms with Crippen molar-refractivity contribution < 1.29 is 13.9 Å². The molecule has 0 radical (unpaired) electrons. The second-order valence-corrected chi connectivity index (χ2v) is 9.41. The van der Waals surface area contributed by atoms with Crippen molar-refractivity contribution in [2.75, 3.05) is 6.61 Å². The Kier molecular flexibility index (Phi) is 7.10. The van der Waals surface area contributed by atoms with E-state index in [0.717, 1.165) is 21.8 Å². The van der Waals surface area contributed by atoms with E-state index in [1.54, 1.807) is 24.4 Å². The molecule has 0 saturated heterocycles. The van der Waals surface area contributed by atoms with Crippen LogP contribution in [0.4, 0.5) is 0 Å². The third-order valence-corrected chi connectivity index (χ3v) is 6.66. The topological polar surface area (TPSA) is 78.9 Å². The summed E-state index contributed by atoms with van der Waals surface area (Å²) in [4.78, 5) is 18.3. The molecule has 2 aromatic heterocycles. The van der Waals surface area contributed by atoms with Crippen LogP contribution in [0.25, 0.3) is 33.5 Å². The number of furan rings is 1. The fourth-order valence-corrected chi connectivity index (χ4v) is 4.34. The third-order valence-electron chi connectivity index (χ3n) is 5.98. The van der Waals surface area contributed by atoms with Crippen LogP contribution in [-0.2, 0) is 0 Å². The van der Waals surface area contributed by atoms with Crippen LogP contribution in [0.5, 0.6) is 11.5 Å². The monoisotopic (exact) mass is 559 g/mol. The van der Waals surface area contributed by atoms with E-state index in [1.165, 1.54) is 4.68 Å². The molecule has 2 heterocycles. The average molecular weight is 560 g/mol. The van der Waals surface area contributed by atoms with Crippen molar-refractivity contribution in [2.45, 2.75) is 33.3 Å². The first kappa shape index (κ1) is 24.8. The molecular weight excluding hydrogens is 534 g/mol. The molecule has 1 atom stereocenters. The number of benzene rings is 3. The molecule has 0 aliphatic heterocycles. The molecule has 0 aliphatic rings. The predicted molar refractivity (Wildman–Crippen MR) is 150 cm³/mol. The first-order chi connectivity index (χ1) is 18.0. The molecule has 3 aromatic carbocycles. The van der Waals surface area contributed by atoms with Gasteiger partial charge in [0.05, 0.1) is 29.8 Å². The van der Waals surface area contributed by atoms with Gasteiger partial charge in [-0.2, -0.15) is 9.78 Å². The summed E-state index contributed by atoms with van der Waals surface area (Å²) < 4.78 is 20.0. The quantitative estimate of drug-likeness (QED) is 0.191. The number of halogens is 1. The second-order valence-electron chi connectivity index (χ2n) is 8.55. The van der Waals surface area contributed by atoms with Gasteiger partial charge in [0.1, 0.15) is 5.58 Å². The number of hydrogen-bond acceptors (Lipinski definition) is 6. The van der Waals surface area contributed by atoms with Gasteiger partial charge in [-0.1, -0.05) is 37.3 Å². The maximum absolute atomic E-state index is 13.5. The highest BCUT2D eigenvalue weighted by Crippen LogP contribution is 2.34. The lowest BCUT2D eigenvalue weighted by Crippen LogP contribution is -2.20. The van der Waals surface area contributed by atoms with E-state index in [1.807, 2.05) is 62.4 Å². The molecule has 0 spiro atoms. The molecule has 188 valence electrons. The summed E-state index contributed by atoms with van der Waals surface area (Å²) in [5, 5.41) is 5.95. The number of nitrogens with zero attached hydrogens (tertiary/aromatic N) is 3. The first-order valence-electron chi connectivity index (χ1n) is 12.2. The Morgan fingerprint density at radius 2 is 1.86 bits per heavy atom. The van der Waals surface area contributed by atoms with Crippen LogP contribution in [0, 0.1) is 0 Å². The molecule has 0 saturated carbocycles. The summed E-state index contributed by atoms with van der Waals surface area (Å²) >= 11 is 3.61. The number of fused-ring (bicyclic) bond motifs is 2. The lowest BCUT2D eigenvalue weighted by Gasteiger charge is -2.17. The summed E-state index contributed by atoms with van der Waals surface area (Å²) in [6, 6.07) is 20.4. The normalized spacial score (nSPS) is 12.4. The zero-order valence-electron chi connectivity index (χ0n) is 20.8. The van der Waals surface area contributed by atoms with Crippen molar-refractivity contribution in [3.8, 4) is 23.1 Å². The second kappa shape index (κ2) is 10.6. The highest BCUT2D eigenvalue weighted by Gasteiger charge is 2.17. The van der Waals surface area contributed by atoms with Crippen LogP contribution in [-0.4, -0.2) is 28.6 Å². The minimum atomic E-state index is -0.296. The summed E-state index contributed by atoms with van der Waals surface area (Å²) in [6.45, 7) is 6.48. The minimum Gasteiger partial charge on any atom is -0.490 e. The number of hydrogen-bond donors (Lipinski definition) is 0. The van der Waals surface area contributed by atoms with Gasteiger partial charge in [0.25, 0.3) is 5.56 Å². The van der Waals surface area contributed by atoms with Gasteiger partial charge in [0.2, 0.25) is 5.82 Å². The molecular formula is C29H26BrN3O4. The van der Waals surface area contributed by atoms with Gasteiger partial charge in [-0.15, -0.1) is 0 Å². The SMILES string of the molecule is CCOc1cc(C=Nn2c(-c3cc4ccccc4o3)nc3ccccc3c2=O)c(Br)cc1O[C@H](C)CC. The van der Waals surface area contributed by atoms with Crippen molar-refractivity contribution in [3.05, 3.63) is 87.1 Å². The van der Waals surface area contributed by atoms with Crippen molar-refractivity contribution in [1.82, 2.24) is 9.66 Å². The van der Waals surface area contributed by atoms with Crippen LogP contribution in [0.3, 0.4) is 0 Å². The van der Waals surface area contributed by atoms with Gasteiger partial charge >= 0.3 is 0 Å². The number of para-hydroxylation sites is 2. The van der Waals surface area contributed by atoms with E-state index in [2.05, 4.69) is 28.0 Å². The zero-order valence-corrected chi connectivity index (χ0v) is 22.4. The summed E-state index contributed by atoms with van der Waals surface area (Å²) in [5.41, 5.74) is 1.70. The van der Waals surface area contributed by atoms with Gasteiger partial charge in [-0.3, -0.25) is 4.79 Å². The Labute approximate surface area is 222 Å². The highest BCUT2D eigenvalue weighted by molar-refractivity contribution is 9.10. The van der Waals surface area contributed by atoms with Crippen molar-refractivity contribution >= 4 is 44.0 Å². The van der Waals surface area contributed by atoms with E-state index in [-0.39, 0.29) is 11.7 Å². The summed E-state index contributed by atoms with van der Waals surface area (Å²) in [5.74, 6) is 2.02. The number of aromatic nitrogens is 2. The van der Waals surface area contributed by atoms with E-state index >= 15 is 0 Å². The van der Waals surface area contributed by atoms with E-state index < -0.39 is 0 Å². The van der Waals surface area contributed by atoms with E-state index in [0.29, 0.717) is 46.2 Å². The molecule has 0 unspecified atom stereocenters. The van der Waals surface area contributed by atoms with Gasteiger partial charge in [0, 0.05) is 15.4 Å². The van der Waals surface area contributed by atoms with Crippen molar-refractivity contribution in [2.24, 2.45) is 5.10 Å². The Morgan fingerprint density at radius 1 is 1.08 bits per heavy atom. The molecule has 5 aromatic rings. The van der Waals surface area contributed by atoms with Crippen LogP contribution >= 0.6 is 15.9 Å². The van der Waals surface area contributed by atoms with Gasteiger partial charge in [-0.25, -0.2) is 4.98 Å². The number of rotatable bonds is 8. The van der Waals surface area contributed by atoms with Gasteiger partial charge < -0.3 is 13.9 Å². The lowest BCUT2D eigenvalue weighted by molar-refractivity contribution is 0.203. The zero-order chi connectivity index (χ0) is 25.9. The Hall–Kier alpha value is -3.91. The molecule has 37 heavy (non-hydrogen) atoms. The largest absolute Gasteiger partial charge is 0.490 e. The molecule has 7 nitrogen and oxygen atoms in total. The maximum Gasteiger partial charge on any atom is 0.282 e. The molecule has 0 fully saturated rings. The average Bonchev–Trinajstić information content (AvgIpc) is 3.34. The van der Waals surface area contributed by atoms with Crippen LogP contribution in [0.15, 0.2) is 85.5 Å². The third kappa shape index (κ3) is 5.02. The van der Waals surface area contributed by atoms with Crippen molar-refractivity contribution in [1.29, 1.82) is 0 Å². The summed E-state index contributed by atoms with van der Waals surface area (Å²) in [7, 11) is 0. The lowest BCUT2D eigenvalue weighted by atomic mass is 10.2. The van der Waals surface area contributed by atoms with E-state index in [9.17, 15) is 4.79 Å². The highest BCUT2D eigenvalue weighted by atomic mass is 79.9. The molecule has 0 bridgehead atoms. The molecule has 8 heteroatoms. The predicted octanol–water partition coefficient (Wildman–Crippen LogP) is 7.03. The maximum atomic E-state index is 13.5. The minimum absolute atomic E-state index is 0.0410. The van der Waals surface area contributed by atoms with Crippen molar-refractivity contribution in [3.63, 3.8) is 0 Å². The molecule has 0 amide bonds. The smallest absolute Gasteiger partial charge is 0.282 e. The fraction of sp³-hybridized carbons (Fsp3) is 0.207. The fourth-order valence-electron chi connectivity index (χ4n) is 3.91. The Bertz CT molecular complexity index is 1640. The summed E-state index contributed by atoms with van der Waals surface area (Å²) in [6.07, 6.45) is 2.51. The molecule has 0 N–H and O–H groups in total.